The molecule has 1 aliphatic rings. The molecule has 10 heavy (non-hydrogen) atoms. The molecular formula is C7H11ClO2. The highest BCUT2D eigenvalue weighted by atomic mass is 35.5. The minimum absolute atomic E-state index is 0.0494. The van der Waals surface area contributed by atoms with Gasteiger partial charge in [-0.1, -0.05) is 11.6 Å². The van der Waals surface area contributed by atoms with Crippen LogP contribution in [0.1, 0.15) is 19.3 Å². The summed E-state index contributed by atoms with van der Waals surface area (Å²) >= 11 is 5.72. The number of rotatable bonds is 2. The van der Waals surface area contributed by atoms with Gasteiger partial charge in [0.05, 0.1) is 5.92 Å². The molecular weight excluding hydrogens is 152 g/mol. The summed E-state index contributed by atoms with van der Waals surface area (Å²) in [4.78, 5) is 11.0. The Bertz CT molecular complexity index is 136. The summed E-state index contributed by atoms with van der Waals surface area (Å²) < 4.78 is 4.85. The van der Waals surface area contributed by atoms with Crippen LogP contribution in [0.2, 0.25) is 0 Å². The number of hydrogen-bond acceptors (Lipinski definition) is 2. The van der Waals surface area contributed by atoms with E-state index >= 15 is 0 Å². The van der Waals surface area contributed by atoms with E-state index in [4.69, 9.17) is 16.3 Å². The van der Waals surface area contributed by atoms with E-state index in [1.54, 1.807) is 0 Å². The van der Waals surface area contributed by atoms with Gasteiger partial charge in [0.15, 0.2) is 0 Å². The van der Waals surface area contributed by atoms with Gasteiger partial charge in [0.25, 0.3) is 0 Å². The fourth-order valence-corrected chi connectivity index (χ4v) is 1.55. The molecule has 0 aromatic heterocycles. The first kappa shape index (κ1) is 8.02. The average Bonchev–Trinajstić information content (AvgIpc) is 2.34. The molecule has 1 aliphatic carbocycles. The number of carbonyl (C=O) groups excluding carboxylic acids is 1. The van der Waals surface area contributed by atoms with Crippen LogP contribution in [0.15, 0.2) is 0 Å². The molecule has 0 amide bonds. The van der Waals surface area contributed by atoms with Gasteiger partial charge < -0.3 is 4.74 Å². The molecule has 0 aromatic carbocycles. The van der Waals surface area contributed by atoms with Gasteiger partial charge in [0, 0.05) is 13.5 Å². The molecule has 58 valence electrons. The first-order chi connectivity index (χ1) is 4.75. The van der Waals surface area contributed by atoms with E-state index in [1.807, 2.05) is 0 Å². The molecule has 2 nitrogen and oxygen atoms in total. The number of ketones is 1. The van der Waals surface area contributed by atoms with Crippen molar-refractivity contribution in [2.75, 3.05) is 7.11 Å². The van der Waals surface area contributed by atoms with E-state index in [9.17, 15) is 4.79 Å². The van der Waals surface area contributed by atoms with Crippen LogP contribution in [0.5, 0.6) is 0 Å². The van der Waals surface area contributed by atoms with Crippen molar-refractivity contribution in [1.82, 2.24) is 0 Å². The molecule has 0 N–H and O–H groups in total. The lowest BCUT2D eigenvalue weighted by atomic mass is 10.1. The second-order valence-electron chi connectivity index (χ2n) is 2.55. The molecule has 0 bridgehead atoms. The standard InChI is InChI=1S/C7H11ClO2/c1-10-7(8)5-3-2-4-6(5)9/h5,7H,2-4H2,1H3. The Kier molecular flexibility index (Phi) is 2.69. The van der Waals surface area contributed by atoms with Gasteiger partial charge in [-0.25, -0.2) is 0 Å². The van der Waals surface area contributed by atoms with Crippen LogP contribution < -0.4 is 0 Å². The second-order valence-corrected chi connectivity index (χ2v) is 2.98. The molecule has 2 unspecified atom stereocenters. The molecule has 3 heteroatoms. The molecule has 1 fully saturated rings. The van der Waals surface area contributed by atoms with Crippen LogP contribution in [0.4, 0.5) is 0 Å². The van der Waals surface area contributed by atoms with Gasteiger partial charge in [-0.05, 0) is 12.8 Å². The number of methoxy groups -OCH3 is 1. The van der Waals surface area contributed by atoms with E-state index in [0.717, 1.165) is 12.8 Å². The fraction of sp³-hybridized carbons (Fsp3) is 0.857. The zero-order valence-corrected chi connectivity index (χ0v) is 6.73. The van der Waals surface area contributed by atoms with Crippen molar-refractivity contribution in [2.45, 2.75) is 24.8 Å². The number of carbonyl (C=O) groups is 1. The third kappa shape index (κ3) is 1.50. The van der Waals surface area contributed by atoms with E-state index in [-0.39, 0.29) is 11.7 Å². The van der Waals surface area contributed by atoms with E-state index < -0.39 is 5.56 Å². The minimum atomic E-state index is -0.407. The van der Waals surface area contributed by atoms with Crippen LogP contribution in [-0.2, 0) is 9.53 Å². The third-order valence-electron chi connectivity index (χ3n) is 1.89. The zero-order chi connectivity index (χ0) is 7.56. The Morgan fingerprint density at radius 2 is 2.50 bits per heavy atom. The number of Topliss-reactive ketones (excluding diaryl/α,β-unsaturated/α-hetero) is 1. The summed E-state index contributed by atoms with van der Waals surface area (Å²) in [6.45, 7) is 0. The predicted octanol–water partition coefficient (Wildman–Crippen LogP) is 1.57. The summed E-state index contributed by atoms with van der Waals surface area (Å²) in [5.41, 5.74) is -0.407. The number of halogens is 1. The number of alkyl halides is 1. The van der Waals surface area contributed by atoms with Gasteiger partial charge >= 0.3 is 0 Å². The van der Waals surface area contributed by atoms with Gasteiger partial charge in [-0.2, -0.15) is 0 Å². The lowest BCUT2D eigenvalue weighted by Crippen LogP contribution is -2.20. The largest absolute Gasteiger partial charge is 0.365 e. The van der Waals surface area contributed by atoms with Crippen molar-refractivity contribution in [1.29, 1.82) is 0 Å². The second kappa shape index (κ2) is 3.35. The van der Waals surface area contributed by atoms with Crippen molar-refractivity contribution in [2.24, 2.45) is 5.92 Å². The molecule has 0 aliphatic heterocycles. The molecule has 0 spiro atoms. The first-order valence-corrected chi connectivity index (χ1v) is 3.89. The van der Waals surface area contributed by atoms with Crippen LogP contribution >= 0.6 is 11.6 Å². The first-order valence-electron chi connectivity index (χ1n) is 3.45. The maximum atomic E-state index is 11.0. The lowest BCUT2D eigenvalue weighted by molar-refractivity contribution is -0.122. The highest BCUT2D eigenvalue weighted by molar-refractivity contribution is 6.21. The van der Waals surface area contributed by atoms with Crippen molar-refractivity contribution >= 4 is 17.4 Å². The van der Waals surface area contributed by atoms with Gasteiger partial charge in [-0.15, -0.1) is 0 Å². The smallest absolute Gasteiger partial charge is 0.140 e. The van der Waals surface area contributed by atoms with Crippen LogP contribution in [0.3, 0.4) is 0 Å². The number of ether oxygens (including phenoxy) is 1. The minimum Gasteiger partial charge on any atom is -0.365 e. The van der Waals surface area contributed by atoms with E-state index in [2.05, 4.69) is 0 Å². The quantitative estimate of drug-likeness (QED) is 0.577. The Morgan fingerprint density at radius 1 is 1.80 bits per heavy atom. The Labute approximate surface area is 65.5 Å². The maximum Gasteiger partial charge on any atom is 0.140 e. The van der Waals surface area contributed by atoms with E-state index in [1.165, 1.54) is 7.11 Å². The van der Waals surface area contributed by atoms with Gasteiger partial charge in [0.2, 0.25) is 0 Å². The summed E-state index contributed by atoms with van der Waals surface area (Å²) in [6.07, 6.45) is 2.54. The zero-order valence-electron chi connectivity index (χ0n) is 5.97. The molecule has 0 radical (unpaired) electrons. The van der Waals surface area contributed by atoms with Crippen molar-refractivity contribution in [3.05, 3.63) is 0 Å². The van der Waals surface area contributed by atoms with Crippen molar-refractivity contribution < 1.29 is 9.53 Å². The molecule has 1 rings (SSSR count). The summed E-state index contributed by atoms with van der Waals surface area (Å²) in [6, 6.07) is 0. The molecule has 2 atom stereocenters. The SMILES string of the molecule is COC(Cl)C1CCCC1=O. The monoisotopic (exact) mass is 162 g/mol. The van der Waals surface area contributed by atoms with E-state index in [0.29, 0.717) is 6.42 Å². The third-order valence-corrected chi connectivity index (χ3v) is 2.38. The Morgan fingerprint density at radius 3 is 2.90 bits per heavy atom. The maximum absolute atomic E-state index is 11.0. The number of hydrogen-bond donors (Lipinski definition) is 0. The summed E-state index contributed by atoms with van der Waals surface area (Å²) in [5, 5.41) is 0. The molecule has 1 saturated carbocycles. The van der Waals surface area contributed by atoms with Crippen molar-refractivity contribution in [3.8, 4) is 0 Å². The van der Waals surface area contributed by atoms with Gasteiger partial charge in [0.1, 0.15) is 11.3 Å². The Balaban J connectivity index is 2.46. The highest BCUT2D eigenvalue weighted by Crippen LogP contribution is 2.27. The average molecular weight is 163 g/mol. The molecule has 0 aromatic rings. The molecule has 0 heterocycles. The van der Waals surface area contributed by atoms with Crippen LogP contribution in [-0.4, -0.2) is 18.5 Å². The fourth-order valence-electron chi connectivity index (χ4n) is 1.28. The normalized spacial score (nSPS) is 29.0. The Hall–Kier alpha value is -0.0800. The summed E-state index contributed by atoms with van der Waals surface area (Å²) in [5.74, 6) is 0.202. The van der Waals surface area contributed by atoms with Gasteiger partial charge in [-0.3, -0.25) is 4.79 Å². The lowest BCUT2D eigenvalue weighted by Gasteiger charge is -2.12. The molecule has 0 saturated heterocycles. The predicted molar refractivity (Wildman–Crippen MR) is 39.0 cm³/mol. The highest BCUT2D eigenvalue weighted by Gasteiger charge is 2.30. The summed E-state index contributed by atoms with van der Waals surface area (Å²) in [7, 11) is 1.53. The van der Waals surface area contributed by atoms with Crippen LogP contribution in [0, 0.1) is 5.92 Å². The van der Waals surface area contributed by atoms with Crippen molar-refractivity contribution in [3.63, 3.8) is 0 Å². The van der Waals surface area contributed by atoms with Crippen LogP contribution in [0.25, 0.3) is 0 Å². The topological polar surface area (TPSA) is 26.3 Å².